The van der Waals surface area contributed by atoms with Gasteiger partial charge >= 0.3 is 18.3 Å². The minimum Gasteiger partial charge on any atom is -0.431 e. The molecule has 1 rings (SSSR count). The summed E-state index contributed by atoms with van der Waals surface area (Å²) >= 11 is 0. The third-order valence-electron chi connectivity index (χ3n) is 2.49. The molecule has 25 heavy (non-hydrogen) atoms. The van der Waals surface area contributed by atoms with E-state index in [2.05, 4.69) is 0 Å². The first kappa shape index (κ1) is 20.3. The molecule has 0 N–H and O–H groups in total. The monoisotopic (exact) mass is 354 g/mol. The molecule has 0 aliphatic heterocycles. The quantitative estimate of drug-likeness (QED) is 0.432. The van der Waals surface area contributed by atoms with Gasteiger partial charge in [-0.3, -0.25) is 4.79 Å². The highest BCUT2D eigenvalue weighted by Gasteiger charge is 2.18. The topological polar surface area (TPSA) is 97.4 Å². The zero-order valence-corrected chi connectivity index (χ0v) is 14.9. The fraction of sp³-hybridized carbons (Fsp3) is 0.471. The molecule has 0 bridgehead atoms. The van der Waals surface area contributed by atoms with Crippen molar-refractivity contribution < 1.29 is 38.1 Å². The Hall–Kier alpha value is -2.77. The molecule has 0 aliphatic carbocycles. The Bertz CT molecular complexity index is 621. The number of benzene rings is 1. The summed E-state index contributed by atoms with van der Waals surface area (Å²) in [6.45, 7) is 8.26. The summed E-state index contributed by atoms with van der Waals surface area (Å²) in [5.74, 6) is -0.567. The van der Waals surface area contributed by atoms with Crippen molar-refractivity contribution in [2.45, 2.75) is 53.2 Å². The van der Waals surface area contributed by atoms with Crippen LogP contribution in [-0.4, -0.2) is 30.5 Å². The van der Waals surface area contributed by atoms with Gasteiger partial charge in [0.25, 0.3) is 0 Å². The van der Waals surface area contributed by atoms with Gasteiger partial charge in [-0.2, -0.15) is 0 Å². The first-order chi connectivity index (χ1) is 11.7. The van der Waals surface area contributed by atoms with Crippen LogP contribution in [0, 0.1) is 0 Å². The van der Waals surface area contributed by atoms with E-state index in [4.69, 9.17) is 23.7 Å². The smallest absolute Gasteiger partial charge is 0.431 e. The predicted octanol–water partition coefficient (Wildman–Crippen LogP) is 3.85. The Morgan fingerprint density at radius 2 is 1.36 bits per heavy atom. The SMILES string of the molecule is CCC(=O)Oc1ccc(OC(=O)OC(C)C)c(OC(=O)OC(C)C)c1. The van der Waals surface area contributed by atoms with Crippen LogP contribution in [0.3, 0.4) is 0 Å². The molecule has 0 radical (unpaired) electrons. The lowest BCUT2D eigenvalue weighted by atomic mass is 10.3. The predicted molar refractivity (Wildman–Crippen MR) is 86.9 cm³/mol. The molecule has 0 spiro atoms. The molecule has 0 saturated heterocycles. The zero-order valence-electron chi connectivity index (χ0n) is 14.9. The first-order valence-electron chi connectivity index (χ1n) is 7.82. The molecule has 1 aromatic carbocycles. The van der Waals surface area contributed by atoms with Crippen molar-refractivity contribution in [3.8, 4) is 17.2 Å². The van der Waals surface area contributed by atoms with Crippen molar-refractivity contribution in [1.82, 2.24) is 0 Å². The highest BCUT2D eigenvalue weighted by atomic mass is 16.7. The van der Waals surface area contributed by atoms with E-state index in [0.29, 0.717) is 0 Å². The largest absolute Gasteiger partial charge is 0.514 e. The lowest BCUT2D eigenvalue weighted by Crippen LogP contribution is -2.18. The Morgan fingerprint density at radius 1 is 0.840 bits per heavy atom. The maximum Gasteiger partial charge on any atom is 0.514 e. The first-order valence-corrected chi connectivity index (χ1v) is 7.82. The molecular weight excluding hydrogens is 332 g/mol. The van der Waals surface area contributed by atoms with Crippen LogP contribution >= 0.6 is 0 Å². The van der Waals surface area contributed by atoms with Gasteiger partial charge in [0.1, 0.15) is 5.75 Å². The van der Waals surface area contributed by atoms with Gasteiger partial charge in [0.2, 0.25) is 0 Å². The van der Waals surface area contributed by atoms with Crippen LogP contribution in [0.25, 0.3) is 0 Å². The number of ether oxygens (including phenoxy) is 5. The molecule has 0 fully saturated rings. The van der Waals surface area contributed by atoms with E-state index in [1.807, 2.05) is 0 Å². The van der Waals surface area contributed by atoms with Crippen LogP contribution in [0.4, 0.5) is 9.59 Å². The maximum absolute atomic E-state index is 11.7. The molecule has 0 aromatic heterocycles. The molecule has 0 atom stereocenters. The zero-order chi connectivity index (χ0) is 19.0. The maximum atomic E-state index is 11.7. The Labute approximate surface area is 145 Å². The van der Waals surface area contributed by atoms with Gasteiger partial charge in [-0.15, -0.1) is 0 Å². The minimum absolute atomic E-state index is 0.0809. The highest BCUT2D eigenvalue weighted by Crippen LogP contribution is 2.32. The second kappa shape index (κ2) is 9.51. The Morgan fingerprint density at radius 3 is 1.84 bits per heavy atom. The van der Waals surface area contributed by atoms with E-state index in [0.717, 1.165) is 0 Å². The number of hydrogen-bond donors (Lipinski definition) is 0. The van der Waals surface area contributed by atoms with Crippen LogP contribution in [0.15, 0.2) is 18.2 Å². The van der Waals surface area contributed by atoms with Crippen molar-refractivity contribution in [3.63, 3.8) is 0 Å². The van der Waals surface area contributed by atoms with Crippen LogP contribution in [0.2, 0.25) is 0 Å². The fourth-order valence-corrected chi connectivity index (χ4v) is 1.53. The van der Waals surface area contributed by atoms with Gasteiger partial charge in [-0.25, -0.2) is 9.59 Å². The van der Waals surface area contributed by atoms with Crippen LogP contribution < -0.4 is 14.2 Å². The summed E-state index contributed by atoms with van der Waals surface area (Å²) < 4.78 is 24.8. The number of carbonyl (C=O) groups is 3. The molecule has 0 unspecified atom stereocenters. The van der Waals surface area contributed by atoms with E-state index < -0.39 is 24.4 Å². The molecule has 8 heteroatoms. The van der Waals surface area contributed by atoms with E-state index >= 15 is 0 Å². The molecule has 0 saturated carbocycles. The average Bonchev–Trinajstić information content (AvgIpc) is 2.48. The number of carbonyl (C=O) groups excluding carboxylic acids is 3. The molecule has 8 nitrogen and oxygen atoms in total. The Kier molecular flexibility index (Phi) is 7.71. The van der Waals surface area contributed by atoms with Crippen LogP contribution in [-0.2, 0) is 14.3 Å². The average molecular weight is 354 g/mol. The fourth-order valence-electron chi connectivity index (χ4n) is 1.53. The highest BCUT2D eigenvalue weighted by molar-refractivity contribution is 5.73. The van der Waals surface area contributed by atoms with E-state index in [9.17, 15) is 14.4 Å². The lowest BCUT2D eigenvalue weighted by molar-refractivity contribution is -0.134. The lowest BCUT2D eigenvalue weighted by Gasteiger charge is -2.14. The Balaban J connectivity index is 3.01. The molecule has 0 amide bonds. The van der Waals surface area contributed by atoms with Crippen LogP contribution in [0.1, 0.15) is 41.0 Å². The van der Waals surface area contributed by atoms with Gasteiger partial charge in [-0.1, -0.05) is 6.92 Å². The van der Waals surface area contributed by atoms with E-state index in [-0.39, 0.29) is 29.8 Å². The summed E-state index contributed by atoms with van der Waals surface area (Å²) in [7, 11) is 0. The summed E-state index contributed by atoms with van der Waals surface area (Å²) in [4.78, 5) is 34.7. The van der Waals surface area contributed by atoms with Gasteiger partial charge in [0.05, 0.1) is 12.2 Å². The minimum atomic E-state index is -0.990. The van der Waals surface area contributed by atoms with E-state index in [1.54, 1.807) is 34.6 Å². The second-order valence-corrected chi connectivity index (χ2v) is 5.47. The van der Waals surface area contributed by atoms with E-state index in [1.165, 1.54) is 18.2 Å². The third-order valence-corrected chi connectivity index (χ3v) is 2.49. The van der Waals surface area contributed by atoms with Crippen molar-refractivity contribution >= 4 is 18.3 Å². The molecule has 138 valence electrons. The third kappa shape index (κ3) is 7.56. The van der Waals surface area contributed by atoms with Crippen molar-refractivity contribution in [1.29, 1.82) is 0 Å². The van der Waals surface area contributed by atoms with Crippen LogP contribution in [0.5, 0.6) is 17.2 Å². The van der Waals surface area contributed by atoms with Crippen molar-refractivity contribution in [2.24, 2.45) is 0 Å². The standard InChI is InChI=1S/C17H22O8/c1-6-15(18)23-12-7-8-13(24-16(19)21-10(2)3)14(9-12)25-17(20)22-11(4)5/h7-11H,6H2,1-5H3. The molecule has 0 aliphatic rings. The molecule has 1 aromatic rings. The normalized spacial score (nSPS) is 10.4. The van der Waals surface area contributed by atoms with Crippen molar-refractivity contribution in [3.05, 3.63) is 18.2 Å². The number of esters is 1. The van der Waals surface area contributed by atoms with Crippen molar-refractivity contribution in [2.75, 3.05) is 0 Å². The number of hydrogen-bond acceptors (Lipinski definition) is 8. The van der Waals surface area contributed by atoms with Gasteiger partial charge < -0.3 is 23.7 Å². The summed E-state index contributed by atoms with van der Waals surface area (Å²) in [6.07, 6.45) is -2.56. The second-order valence-electron chi connectivity index (χ2n) is 5.47. The molecular formula is C17H22O8. The summed E-state index contributed by atoms with van der Waals surface area (Å²) in [5, 5.41) is 0. The van der Waals surface area contributed by atoms with Gasteiger partial charge in [0.15, 0.2) is 11.5 Å². The summed E-state index contributed by atoms with van der Waals surface area (Å²) in [6, 6.07) is 3.96. The molecule has 0 heterocycles. The van der Waals surface area contributed by atoms with Gasteiger partial charge in [0, 0.05) is 12.5 Å². The summed E-state index contributed by atoms with van der Waals surface area (Å²) in [5.41, 5.74) is 0. The van der Waals surface area contributed by atoms with Gasteiger partial charge in [-0.05, 0) is 39.8 Å². The number of rotatable bonds is 6.